The summed E-state index contributed by atoms with van der Waals surface area (Å²) in [7, 11) is 0. The van der Waals surface area contributed by atoms with Gasteiger partial charge in [-0.05, 0) is 53.5 Å². The number of aromatic nitrogens is 5. The quantitative estimate of drug-likeness (QED) is 0.717. The van der Waals surface area contributed by atoms with E-state index in [1.807, 2.05) is 24.3 Å². The minimum absolute atomic E-state index is 0.213. The number of anilines is 1. The Morgan fingerprint density at radius 3 is 3.10 bits per heavy atom. The Bertz CT molecular complexity index is 737. The fraction of sp³-hybridized carbons (Fsp3) is 0.429. The van der Waals surface area contributed by atoms with E-state index in [1.54, 1.807) is 6.26 Å². The summed E-state index contributed by atoms with van der Waals surface area (Å²) in [5.74, 6) is 2.54. The van der Waals surface area contributed by atoms with Crippen molar-refractivity contribution in [1.82, 2.24) is 25.3 Å². The zero-order valence-corrected chi connectivity index (χ0v) is 11.8. The monoisotopic (exact) mass is 284 g/mol. The number of piperidine rings is 1. The molecule has 0 radical (unpaired) electrons. The minimum atomic E-state index is 0.213. The third-order valence-electron chi connectivity index (χ3n) is 4.09. The molecule has 7 nitrogen and oxygen atoms in total. The molecule has 108 valence electrons. The summed E-state index contributed by atoms with van der Waals surface area (Å²) in [6, 6.07) is 8.04. The molecule has 0 amide bonds. The molecule has 1 aliphatic heterocycles. The third-order valence-corrected chi connectivity index (χ3v) is 4.09. The molecule has 4 heterocycles. The van der Waals surface area contributed by atoms with Crippen LogP contribution in [0, 0.1) is 5.92 Å². The summed E-state index contributed by atoms with van der Waals surface area (Å²) >= 11 is 0. The van der Waals surface area contributed by atoms with Crippen LogP contribution >= 0.6 is 0 Å². The van der Waals surface area contributed by atoms with Crippen molar-refractivity contribution in [2.24, 2.45) is 5.92 Å². The molecule has 2 unspecified atom stereocenters. The maximum atomic E-state index is 5.63. The number of hydrogen-bond donors (Lipinski definition) is 0. The van der Waals surface area contributed by atoms with Gasteiger partial charge in [-0.15, -0.1) is 14.8 Å². The molecule has 0 aromatic carbocycles. The van der Waals surface area contributed by atoms with Gasteiger partial charge in [0.2, 0.25) is 0 Å². The van der Waals surface area contributed by atoms with Crippen LogP contribution in [0.5, 0.6) is 0 Å². The molecule has 0 saturated carbocycles. The highest BCUT2D eigenvalue weighted by Crippen LogP contribution is 2.36. The molecule has 0 aliphatic carbocycles. The van der Waals surface area contributed by atoms with Gasteiger partial charge in [0.05, 0.1) is 12.3 Å². The Morgan fingerprint density at radius 1 is 1.29 bits per heavy atom. The molecule has 7 heteroatoms. The van der Waals surface area contributed by atoms with Crippen LogP contribution in [0.15, 0.2) is 34.9 Å². The molecule has 0 spiro atoms. The molecular formula is C14H16N6O. The van der Waals surface area contributed by atoms with Crippen molar-refractivity contribution in [1.29, 1.82) is 0 Å². The van der Waals surface area contributed by atoms with E-state index < -0.39 is 0 Å². The van der Waals surface area contributed by atoms with E-state index in [2.05, 4.69) is 32.4 Å². The zero-order valence-electron chi connectivity index (χ0n) is 11.8. The lowest BCUT2D eigenvalue weighted by Crippen LogP contribution is -2.37. The highest BCUT2D eigenvalue weighted by Gasteiger charge is 2.30. The second-order valence-electron chi connectivity index (χ2n) is 5.57. The number of nitrogens with zero attached hydrogens (tertiary/aromatic N) is 6. The SMILES string of the molecule is CC1CCN(c2ccc3nnnn3n2)C(c2ccco2)C1. The molecule has 2 atom stereocenters. The lowest BCUT2D eigenvalue weighted by molar-refractivity contribution is 0.326. The van der Waals surface area contributed by atoms with Gasteiger partial charge in [-0.3, -0.25) is 0 Å². The number of tetrazole rings is 1. The molecular weight excluding hydrogens is 268 g/mol. The van der Waals surface area contributed by atoms with Crippen molar-refractivity contribution >= 4 is 11.5 Å². The molecule has 3 aromatic heterocycles. The van der Waals surface area contributed by atoms with Crippen LogP contribution in [0.3, 0.4) is 0 Å². The maximum absolute atomic E-state index is 5.63. The Balaban J connectivity index is 1.73. The summed E-state index contributed by atoms with van der Waals surface area (Å²) in [4.78, 5) is 2.28. The molecule has 1 fully saturated rings. The lowest BCUT2D eigenvalue weighted by Gasteiger charge is -2.38. The van der Waals surface area contributed by atoms with Crippen LogP contribution in [0.1, 0.15) is 31.6 Å². The average Bonchev–Trinajstić information content (AvgIpc) is 3.18. The second-order valence-corrected chi connectivity index (χ2v) is 5.57. The van der Waals surface area contributed by atoms with E-state index in [-0.39, 0.29) is 6.04 Å². The summed E-state index contributed by atoms with van der Waals surface area (Å²) in [6.45, 7) is 3.23. The van der Waals surface area contributed by atoms with Gasteiger partial charge in [-0.1, -0.05) is 6.92 Å². The molecule has 1 saturated heterocycles. The minimum Gasteiger partial charge on any atom is -0.467 e. The van der Waals surface area contributed by atoms with Gasteiger partial charge in [0.25, 0.3) is 0 Å². The van der Waals surface area contributed by atoms with E-state index in [9.17, 15) is 0 Å². The normalized spacial score (nSPS) is 22.8. The molecule has 0 N–H and O–H groups in total. The lowest BCUT2D eigenvalue weighted by atomic mass is 9.91. The number of fused-ring (bicyclic) bond motifs is 1. The van der Waals surface area contributed by atoms with Crippen molar-refractivity contribution < 1.29 is 4.42 Å². The Morgan fingerprint density at radius 2 is 2.24 bits per heavy atom. The van der Waals surface area contributed by atoms with E-state index in [0.29, 0.717) is 11.6 Å². The van der Waals surface area contributed by atoms with Gasteiger partial charge in [0.15, 0.2) is 11.5 Å². The molecule has 1 aliphatic rings. The molecule has 21 heavy (non-hydrogen) atoms. The Hall–Kier alpha value is -2.44. The largest absolute Gasteiger partial charge is 0.467 e. The third kappa shape index (κ3) is 2.14. The first-order valence-electron chi connectivity index (χ1n) is 7.17. The molecule has 3 aromatic rings. The first-order chi connectivity index (χ1) is 10.3. The first kappa shape index (κ1) is 12.3. The fourth-order valence-corrected chi connectivity index (χ4v) is 2.96. The van der Waals surface area contributed by atoms with Crippen molar-refractivity contribution in [3.8, 4) is 0 Å². The number of hydrogen-bond acceptors (Lipinski definition) is 6. The fourth-order valence-electron chi connectivity index (χ4n) is 2.96. The van der Waals surface area contributed by atoms with Crippen LogP contribution in [-0.4, -0.2) is 31.8 Å². The Kier molecular flexibility index (Phi) is 2.83. The highest BCUT2D eigenvalue weighted by atomic mass is 16.3. The average molecular weight is 284 g/mol. The van der Waals surface area contributed by atoms with E-state index in [0.717, 1.165) is 31.0 Å². The van der Waals surface area contributed by atoms with Gasteiger partial charge in [-0.25, -0.2) is 0 Å². The van der Waals surface area contributed by atoms with Crippen molar-refractivity contribution in [2.45, 2.75) is 25.8 Å². The van der Waals surface area contributed by atoms with Gasteiger partial charge >= 0.3 is 0 Å². The summed E-state index contributed by atoms with van der Waals surface area (Å²) < 4.78 is 7.09. The maximum Gasteiger partial charge on any atom is 0.200 e. The summed E-state index contributed by atoms with van der Waals surface area (Å²) in [5.41, 5.74) is 0.652. The summed E-state index contributed by atoms with van der Waals surface area (Å²) in [5, 5.41) is 15.9. The van der Waals surface area contributed by atoms with Crippen LogP contribution in [0.4, 0.5) is 5.82 Å². The van der Waals surface area contributed by atoms with E-state index in [4.69, 9.17) is 4.42 Å². The Labute approximate surface area is 121 Å². The standard InChI is InChI=1S/C14H16N6O/c1-10-6-7-19(11(9-10)12-3-2-8-21-12)14-5-4-13-15-17-18-20(13)16-14/h2-5,8,10-11H,6-7,9H2,1H3. The van der Waals surface area contributed by atoms with Crippen molar-refractivity contribution in [3.63, 3.8) is 0 Å². The van der Waals surface area contributed by atoms with Crippen LogP contribution in [0.25, 0.3) is 5.65 Å². The van der Waals surface area contributed by atoms with Gasteiger partial charge < -0.3 is 9.32 Å². The zero-order chi connectivity index (χ0) is 14.2. The number of furan rings is 1. The highest BCUT2D eigenvalue weighted by molar-refractivity contribution is 5.46. The van der Waals surface area contributed by atoms with Crippen molar-refractivity contribution in [3.05, 3.63) is 36.3 Å². The predicted octanol–water partition coefficient (Wildman–Crippen LogP) is 2.09. The molecule has 4 rings (SSSR count). The number of rotatable bonds is 2. The smallest absolute Gasteiger partial charge is 0.200 e. The first-order valence-corrected chi connectivity index (χ1v) is 7.17. The second kappa shape index (κ2) is 4.83. The van der Waals surface area contributed by atoms with Gasteiger partial charge in [-0.2, -0.15) is 0 Å². The van der Waals surface area contributed by atoms with Crippen molar-refractivity contribution in [2.75, 3.05) is 11.4 Å². The van der Waals surface area contributed by atoms with E-state index >= 15 is 0 Å². The summed E-state index contributed by atoms with van der Waals surface area (Å²) in [6.07, 6.45) is 3.93. The van der Waals surface area contributed by atoms with Crippen LogP contribution in [0.2, 0.25) is 0 Å². The van der Waals surface area contributed by atoms with Gasteiger partial charge in [0.1, 0.15) is 5.76 Å². The van der Waals surface area contributed by atoms with Crippen LogP contribution < -0.4 is 4.90 Å². The molecule has 0 bridgehead atoms. The predicted molar refractivity (Wildman–Crippen MR) is 75.8 cm³/mol. The topological polar surface area (TPSA) is 72.4 Å². The van der Waals surface area contributed by atoms with Crippen LogP contribution in [-0.2, 0) is 0 Å². The van der Waals surface area contributed by atoms with E-state index in [1.165, 1.54) is 4.63 Å². The van der Waals surface area contributed by atoms with Gasteiger partial charge in [0, 0.05) is 6.54 Å².